The normalized spacial score (nSPS) is 52.6. The summed E-state index contributed by atoms with van der Waals surface area (Å²) in [4.78, 5) is 0. The average molecular weight is 214 g/mol. The standard InChI is InChI=1S/C6H12O8/c7-1-2(8)3-4(9)5(10,11)6(12,13)14-3/h2-4,7-13H,1H2/t2-,3-,4-/m1/s1/i10D,12D/t2-,3-,4-,5-,6?. The van der Waals surface area contributed by atoms with Crippen LogP contribution in [0.25, 0.3) is 0 Å². The topological polar surface area (TPSA) is 151 Å². The van der Waals surface area contributed by atoms with Crippen LogP contribution >= 0.6 is 0 Å². The second kappa shape index (κ2) is 3.36. The Morgan fingerprint density at radius 2 is 2.07 bits per heavy atom. The van der Waals surface area contributed by atoms with E-state index in [-0.39, 0.29) is 0 Å². The number of ether oxygens (including phenoxy) is 1. The van der Waals surface area contributed by atoms with E-state index < -0.39 is 36.7 Å². The lowest BCUT2D eigenvalue weighted by molar-refractivity contribution is -0.435. The zero-order valence-corrected chi connectivity index (χ0v) is 6.90. The van der Waals surface area contributed by atoms with Crippen LogP contribution < -0.4 is 0 Å². The second-order valence-corrected chi connectivity index (χ2v) is 3.06. The lowest BCUT2D eigenvalue weighted by Crippen LogP contribution is -2.57. The van der Waals surface area contributed by atoms with E-state index in [1.807, 2.05) is 0 Å². The van der Waals surface area contributed by atoms with Crippen molar-refractivity contribution in [3.05, 3.63) is 0 Å². The predicted molar refractivity (Wildman–Crippen MR) is 38.3 cm³/mol. The van der Waals surface area contributed by atoms with Crippen molar-refractivity contribution in [1.29, 1.82) is 2.86 Å². The third-order valence-electron chi connectivity index (χ3n) is 2.03. The quantitative estimate of drug-likeness (QED) is 0.231. The van der Waals surface area contributed by atoms with E-state index in [0.717, 1.165) is 0 Å². The highest BCUT2D eigenvalue weighted by molar-refractivity contribution is 4.98. The van der Waals surface area contributed by atoms with Crippen molar-refractivity contribution in [2.24, 2.45) is 0 Å². The van der Waals surface area contributed by atoms with Crippen LogP contribution in [0.15, 0.2) is 0 Å². The summed E-state index contributed by atoms with van der Waals surface area (Å²) < 4.78 is 17.5. The molecule has 1 rings (SSSR count). The van der Waals surface area contributed by atoms with Gasteiger partial charge in [-0.25, -0.2) is 0 Å². The number of rotatable bonds is 4. The highest BCUT2D eigenvalue weighted by Crippen LogP contribution is 2.35. The van der Waals surface area contributed by atoms with Crippen LogP contribution in [-0.4, -0.2) is 75.3 Å². The summed E-state index contributed by atoms with van der Waals surface area (Å²) >= 11 is 0. The van der Waals surface area contributed by atoms with E-state index in [4.69, 9.17) is 7.97 Å². The van der Waals surface area contributed by atoms with Crippen LogP contribution in [0.3, 0.4) is 0 Å². The maximum absolute atomic E-state index is 9.53. The molecule has 1 aliphatic heterocycles. The smallest absolute Gasteiger partial charge is 0.338 e. The molecule has 1 heterocycles. The summed E-state index contributed by atoms with van der Waals surface area (Å²) in [6.07, 6.45) is -5.45. The van der Waals surface area contributed by atoms with Crippen molar-refractivity contribution in [2.45, 2.75) is 30.1 Å². The van der Waals surface area contributed by atoms with Gasteiger partial charge in [0.1, 0.15) is 18.3 Å². The van der Waals surface area contributed by atoms with E-state index in [1.54, 1.807) is 0 Å². The molecule has 0 aromatic heterocycles. The predicted octanol–water partition coefficient (Wildman–Crippen LogP) is -4.58. The maximum atomic E-state index is 9.53. The van der Waals surface area contributed by atoms with Gasteiger partial charge in [-0.3, -0.25) is 0 Å². The third kappa shape index (κ3) is 1.51. The molecule has 0 aliphatic carbocycles. The van der Waals surface area contributed by atoms with Gasteiger partial charge in [-0.2, -0.15) is 0 Å². The Balaban J connectivity index is 3.01. The Hall–Kier alpha value is -0.320. The van der Waals surface area contributed by atoms with Crippen LogP contribution in [0.5, 0.6) is 0 Å². The monoisotopic (exact) mass is 214 g/mol. The first-order valence-corrected chi connectivity index (χ1v) is 3.74. The highest BCUT2D eigenvalue weighted by atomic mass is 16.8. The molecule has 1 aliphatic rings. The fourth-order valence-electron chi connectivity index (χ4n) is 1.14. The summed E-state index contributed by atoms with van der Waals surface area (Å²) in [6, 6.07) is 0. The maximum Gasteiger partial charge on any atom is 0.338 e. The van der Waals surface area contributed by atoms with Crippen molar-refractivity contribution in [1.82, 2.24) is 0 Å². The zero-order valence-electron chi connectivity index (χ0n) is 8.90. The molecule has 0 saturated carbocycles. The van der Waals surface area contributed by atoms with Gasteiger partial charge < -0.3 is 40.5 Å². The zero-order chi connectivity index (χ0) is 12.6. The van der Waals surface area contributed by atoms with Crippen LogP contribution in [0.1, 0.15) is 0 Å². The van der Waals surface area contributed by atoms with Crippen LogP contribution in [0.4, 0.5) is 0 Å². The van der Waals surface area contributed by atoms with Crippen molar-refractivity contribution in [2.75, 3.05) is 6.61 Å². The van der Waals surface area contributed by atoms with Crippen molar-refractivity contribution in [3.63, 3.8) is 0 Å². The third-order valence-corrected chi connectivity index (χ3v) is 2.03. The van der Waals surface area contributed by atoms with Gasteiger partial charge in [0.2, 0.25) is 2.86 Å². The van der Waals surface area contributed by atoms with E-state index in [2.05, 4.69) is 15.0 Å². The van der Waals surface area contributed by atoms with Crippen LogP contribution in [-0.2, 0) is 4.74 Å². The van der Waals surface area contributed by atoms with Crippen molar-refractivity contribution < 1.29 is 40.5 Å². The summed E-state index contributed by atoms with van der Waals surface area (Å²) in [5.74, 6) is -6.22. The summed E-state index contributed by atoms with van der Waals surface area (Å²) in [7, 11) is 0. The summed E-state index contributed by atoms with van der Waals surface area (Å²) in [6.45, 7) is -0.843. The molecule has 0 spiro atoms. The van der Waals surface area contributed by atoms with Gasteiger partial charge in [0.25, 0.3) is 5.79 Å². The molecule has 84 valence electrons. The number of aliphatic hydroxyl groups is 7. The highest BCUT2D eigenvalue weighted by Gasteiger charge is 2.66. The molecule has 8 heteroatoms. The van der Waals surface area contributed by atoms with Crippen molar-refractivity contribution in [3.8, 4) is 0 Å². The van der Waals surface area contributed by atoms with Crippen LogP contribution in [0.2, 0.25) is 0 Å². The molecule has 1 unspecified atom stereocenters. The molecule has 1 saturated heterocycles. The number of hydrogen-bond donors (Lipinski definition) is 7. The Morgan fingerprint density at radius 1 is 1.43 bits per heavy atom. The molecule has 14 heavy (non-hydrogen) atoms. The molecule has 7 N–H and O–H groups in total. The summed E-state index contributed by atoms with van der Waals surface area (Å²) in [5.41, 5.74) is 0. The van der Waals surface area contributed by atoms with E-state index in [9.17, 15) is 20.4 Å². The number of aliphatic hydroxyl groups excluding tert-OH is 3. The van der Waals surface area contributed by atoms with E-state index >= 15 is 0 Å². The largest absolute Gasteiger partial charge is 0.394 e. The Morgan fingerprint density at radius 3 is 2.43 bits per heavy atom. The van der Waals surface area contributed by atoms with Gasteiger partial charge in [0.15, 0.2) is 0 Å². The van der Waals surface area contributed by atoms with Gasteiger partial charge in [-0.05, 0) is 0 Å². The Kier molecular flexibility index (Phi) is 2.15. The van der Waals surface area contributed by atoms with Gasteiger partial charge in [0.05, 0.1) is 6.61 Å². The lowest BCUT2D eigenvalue weighted by atomic mass is 10.0. The average Bonchev–Trinajstić information content (AvgIpc) is 2.51. The van der Waals surface area contributed by atoms with E-state index in [1.165, 1.54) is 0 Å². The molecule has 0 aromatic carbocycles. The first-order chi connectivity index (χ1) is 7.36. The van der Waals surface area contributed by atoms with Gasteiger partial charge >= 0.3 is 5.97 Å². The van der Waals surface area contributed by atoms with Crippen molar-refractivity contribution >= 4 is 0 Å². The first kappa shape index (κ1) is 8.95. The molecule has 1 fully saturated rings. The Bertz CT molecular complexity index is 255. The molecule has 8 nitrogen and oxygen atoms in total. The molecular formula is C6H12O8. The molecule has 0 aromatic rings. The van der Waals surface area contributed by atoms with Gasteiger partial charge in [0, 0.05) is 0 Å². The minimum Gasteiger partial charge on any atom is -0.394 e. The van der Waals surface area contributed by atoms with Gasteiger partial charge in [-0.1, -0.05) is 0 Å². The molecular weight excluding hydrogens is 200 g/mol. The minimum absolute atomic E-state index is 0.843. The first-order valence-electron chi connectivity index (χ1n) is 4.56. The second-order valence-electron chi connectivity index (χ2n) is 3.06. The minimum atomic E-state index is -3.14. The molecule has 5 atom stereocenters. The van der Waals surface area contributed by atoms with Crippen LogP contribution in [0, 0.1) is 0 Å². The van der Waals surface area contributed by atoms with Gasteiger partial charge in [-0.15, -0.1) is 0 Å². The fraction of sp³-hybridized carbons (Fsp3) is 1.00. The SMILES string of the molecule is [2H]OC1(O)O[C@H]([C@H](O)CO)[C@@H](O)[C@]1(O)O[2H]. The molecule has 0 radical (unpaired) electrons. The lowest BCUT2D eigenvalue weighted by Gasteiger charge is -2.26. The molecule has 0 bridgehead atoms. The van der Waals surface area contributed by atoms with E-state index in [0.29, 0.717) is 0 Å². The Labute approximate surface area is 81.2 Å². The molecule has 0 amide bonds. The fourth-order valence-corrected chi connectivity index (χ4v) is 1.14. The number of hydrogen-bond acceptors (Lipinski definition) is 8. The summed E-state index contributed by atoms with van der Waals surface area (Å²) in [5, 5.41) is 53.5.